The van der Waals surface area contributed by atoms with E-state index in [9.17, 15) is 17.6 Å². The Morgan fingerprint density at radius 3 is 2.11 bits per heavy atom. The first-order chi connectivity index (χ1) is 12.4. The zero-order valence-electron chi connectivity index (χ0n) is 16.2. The van der Waals surface area contributed by atoms with Crippen molar-refractivity contribution in [3.05, 3.63) is 29.6 Å². The predicted molar refractivity (Wildman–Crippen MR) is 96.2 cm³/mol. The van der Waals surface area contributed by atoms with Gasteiger partial charge in [0.25, 0.3) is 0 Å². The van der Waals surface area contributed by atoms with Gasteiger partial charge in [-0.2, -0.15) is 13.2 Å². The van der Waals surface area contributed by atoms with E-state index in [-0.39, 0.29) is 18.7 Å². The summed E-state index contributed by atoms with van der Waals surface area (Å²) in [4.78, 5) is 1.87. The Kier molecular flexibility index (Phi) is 5.38. The smallest absolute Gasteiger partial charge is 0.399 e. The molecule has 0 N–H and O–H groups in total. The summed E-state index contributed by atoms with van der Waals surface area (Å²) in [6.45, 7) is 8.68. The van der Waals surface area contributed by atoms with E-state index < -0.39 is 30.4 Å². The minimum absolute atomic E-state index is 0.0666. The number of rotatable bonds is 3. The molecule has 0 aliphatic carbocycles. The molecule has 2 aliphatic rings. The van der Waals surface area contributed by atoms with Crippen LogP contribution in [-0.4, -0.2) is 42.5 Å². The fourth-order valence-corrected chi connectivity index (χ4v) is 3.48. The van der Waals surface area contributed by atoms with Gasteiger partial charge in [-0.15, -0.1) is 0 Å². The van der Waals surface area contributed by atoms with E-state index in [1.165, 1.54) is 6.07 Å². The molecule has 27 heavy (non-hydrogen) atoms. The Balaban J connectivity index is 1.63. The molecule has 2 fully saturated rings. The molecule has 0 spiro atoms. The lowest BCUT2D eigenvalue weighted by atomic mass is 9.78. The van der Waals surface area contributed by atoms with Crippen LogP contribution in [0.5, 0.6) is 0 Å². The first-order valence-electron chi connectivity index (χ1n) is 9.32. The average molecular weight is 387 g/mol. The summed E-state index contributed by atoms with van der Waals surface area (Å²) < 4.78 is 64.7. The summed E-state index contributed by atoms with van der Waals surface area (Å²) in [6.07, 6.45) is -4.00. The van der Waals surface area contributed by atoms with Crippen LogP contribution >= 0.6 is 0 Å². The Morgan fingerprint density at radius 1 is 1.07 bits per heavy atom. The average Bonchev–Trinajstić information content (AvgIpc) is 2.77. The Morgan fingerprint density at radius 2 is 1.63 bits per heavy atom. The molecule has 0 bridgehead atoms. The highest BCUT2D eigenvalue weighted by atomic mass is 19.4. The van der Waals surface area contributed by atoms with Gasteiger partial charge in [0.1, 0.15) is 5.82 Å². The first-order valence-corrected chi connectivity index (χ1v) is 9.32. The van der Waals surface area contributed by atoms with Gasteiger partial charge in [0.2, 0.25) is 0 Å². The van der Waals surface area contributed by atoms with Gasteiger partial charge in [-0.05, 0) is 65.2 Å². The number of alkyl halides is 3. The van der Waals surface area contributed by atoms with Gasteiger partial charge in [0.05, 0.1) is 17.1 Å². The van der Waals surface area contributed by atoms with E-state index in [0.717, 1.165) is 0 Å². The van der Waals surface area contributed by atoms with Crippen LogP contribution < -0.4 is 5.46 Å². The lowest BCUT2D eigenvalue weighted by Crippen LogP contribution is -2.41. The van der Waals surface area contributed by atoms with Crippen LogP contribution in [0.25, 0.3) is 0 Å². The van der Waals surface area contributed by atoms with Crippen molar-refractivity contribution in [3.8, 4) is 0 Å². The van der Waals surface area contributed by atoms with E-state index in [2.05, 4.69) is 0 Å². The molecule has 1 aromatic rings. The van der Waals surface area contributed by atoms with Crippen LogP contribution in [0.4, 0.5) is 17.6 Å². The van der Waals surface area contributed by atoms with Crippen LogP contribution in [0.2, 0.25) is 0 Å². The van der Waals surface area contributed by atoms with Crippen molar-refractivity contribution >= 4 is 12.6 Å². The van der Waals surface area contributed by atoms with Gasteiger partial charge in [-0.1, -0.05) is 12.1 Å². The first kappa shape index (κ1) is 20.6. The van der Waals surface area contributed by atoms with Crippen molar-refractivity contribution in [2.45, 2.75) is 64.5 Å². The number of halogens is 4. The van der Waals surface area contributed by atoms with E-state index in [1.807, 2.05) is 32.6 Å². The molecule has 3 nitrogen and oxygen atoms in total. The number of nitrogens with zero attached hydrogens (tertiary/aromatic N) is 1. The Labute approximate surface area is 158 Å². The molecule has 0 saturated carbocycles. The summed E-state index contributed by atoms with van der Waals surface area (Å²) in [6, 6.07) is 4.84. The third-order valence-electron chi connectivity index (χ3n) is 6.05. The highest BCUT2D eigenvalue weighted by molar-refractivity contribution is 6.62. The normalized spacial score (nSPS) is 23.8. The number of hydrogen-bond donors (Lipinski definition) is 0. The van der Waals surface area contributed by atoms with Gasteiger partial charge < -0.3 is 9.31 Å². The molecule has 0 amide bonds. The second-order valence-corrected chi connectivity index (χ2v) is 8.53. The fraction of sp³-hybridized carbons (Fsp3) is 0.684. The summed E-state index contributed by atoms with van der Waals surface area (Å²) in [5.41, 5.74) is 0.0667. The van der Waals surface area contributed by atoms with Crippen molar-refractivity contribution in [3.63, 3.8) is 0 Å². The largest absolute Gasteiger partial charge is 0.494 e. The van der Waals surface area contributed by atoms with Crippen LogP contribution in [0.1, 0.15) is 46.1 Å². The zero-order chi connectivity index (χ0) is 20.0. The number of likely N-dealkylation sites (tertiary alicyclic amines) is 1. The van der Waals surface area contributed by atoms with Crippen molar-refractivity contribution in [2.75, 3.05) is 13.1 Å². The molecule has 2 aliphatic heterocycles. The highest BCUT2D eigenvalue weighted by Gasteiger charge is 2.51. The third-order valence-corrected chi connectivity index (χ3v) is 6.05. The molecular weight excluding hydrogens is 361 g/mol. The number of piperidine rings is 1. The maximum Gasteiger partial charge on any atom is 0.494 e. The number of benzene rings is 1. The predicted octanol–water partition coefficient (Wildman–Crippen LogP) is 3.90. The molecule has 0 atom stereocenters. The van der Waals surface area contributed by atoms with Gasteiger partial charge in [0, 0.05) is 12.1 Å². The van der Waals surface area contributed by atoms with Crippen LogP contribution in [-0.2, 0) is 15.9 Å². The van der Waals surface area contributed by atoms with Crippen molar-refractivity contribution in [2.24, 2.45) is 5.92 Å². The minimum atomic E-state index is -4.14. The summed E-state index contributed by atoms with van der Waals surface area (Å²) >= 11 is 0. The van der Waals surface area contributed by atoms with E-state index >= 15 is 0 Å². The van der Waals surface area contributed by atoms with E-state index in [0.29, 0.717) is 30.7 Å². The van der Waals surface area contributed by atoms with Gasteiger partial charge in [-0.3, -0.25) is 4.90 Å². The van der Waals surface area contributed by atoms with Crippen molar-refractivity contribution in [1.29, 1.82) is 0 Å². The maximum atomic E-state index is 14.6. The molecule has 2 heterocycles. The lowest BCUT2D eigenvalue weighted by Gasteiger charge is -2.32. The van der Waals surface area contributed by atoms with Gasteiger partial charge >= 0.3 is 13.3 Å². The maximum absolute atomic E-state index is 14.6. The highest BCUT2D eigenvalue weighted by Crippen LogP contribution is 2.37. The molecule has 3 rings (SSSR count). The lowest BCUT2D eigenvalue weighted by molar-refractivity contribution is -0.185. The van der Waals surface area contributed by atoms with Crippen LogP contribution in [0.15, 0.2) is 18.2 Å². The molecular formula is C19H26BF4NO2. The second-order valence-electron chi connectivity index (χ2n) is 8.53. The molecule has 0 aromatic heterocycles. The zero-order valence-corrected chi connectivity index (χ0v) is 16.2. The number of hydrogen-bond acceptors (Lipinski definition) is 3. The van der Waals surface area contributed by atoms with Crippen molar-refractivity contribution in [1.82, 2.24) is 4.90 Å². The van der Waals surface area contributed by atoms with Crippen LogP contribution in [0, 0.1) is 11.7 Å². The summed E-state index contributed by atoms with van der Waals surface area (Å²) in [5.74, 6) is -1.63. The molecule has 8 heteroatoms. The topological polar surface area (TPSA) is 21.7 Å². The van der Waals surface area contributed by atoms with Crippen LogP contribution in [0.3, 0.4) is 0 Å². The SMILES string of the molecule is CC1(C)OB(c2ccc(CN3CCC(C(F)(F)F)CC3)c(F)c2)OC1(C)C. The standard InChI is InChI=1S/C19H26BF4NO2/c1-17(2)18(3,4)27-20(26-17)15-6-5-13(16(21)11-15)12-25-9-7-14(8-10-25)19(22,23)24/h5-6,11,14H,7-10,12H2,1-4H3. The van der Waals surface area contributed by atoms with E-state index in [1.54, 1.807) is 12.1 Å². The molecule has 1 aromatic carbocycles. The molecule has 2 saturated heterocycles. The molecule has 150 valence electrons. The van der Waals surface area contributed by atoms with Gasteiger partial charge in [0.15, 0.2) is 0 Å². The van der Waals surface area contributed by atoms with E-state index in [4.69, 9.17) is 9.31 Å². The van der Waals surface area contributed by atoms with Gasteiger partial charge in [-0.25, -0.2) is 4.39 Å². The molecule has 0 unspecified atom stereocenters. The fourth-order valence-electron chi connectivity index (χ4n) is 3.48. The summed E-state index contributed by atoms with van der Waals surface area (Å²) in [5, 5.41) is 0. The monoisotopic (exact) mass is 387 g/mol. The molecule has 0 radical (unpaired) electrons. The van der Waals surface area contributed by atoms with Crippen molar-refractivity contribution < 1.29 is 26.9 Å². The second kappa shape index (κ2) is 7.05. The third kappa shape index (κ3) is 4.33. The quantitative estimate of drug-likeness (QED) is 0.580. The minimum Gasteiger partial charge on any atom is -0.399 e. The summed E-state index contributed by atoms with van der Waals surface area (Å²) in [7, 11) is -0.638. The Bertz CT molecular complexity index is 669. The Hall–Kier alpha value is -1.12.